The zero-order chi connectivity index (χ0) is 17.3. The van der Waals surface area contributed by atoms with Crippen LogP contribution in [0, 0.1) is 6.92 Å². The Hall–Kier alpha value is -2.89. The van der Waals surface area contributed by atoms with Crippen LogP contribution in [0.5, 0.6) is 0 Å². The second kappa shape index (κ2) is 6.31. The molecule has 1 aliphatic heterocycles. The number of carbonyl (C=O) groups is 2. The molecule has 1 N–H and O–H groups in total. The molecule has 24 heavy (non-hydrogen) atoms. The highest BCUT2D eigenvalue weighted by Crippen LogP contribution is 2.24. The fraction of sp³-hybridized carbons (Fsp3) is 0.278. The molecule has 0 aliphatic carbocycles. The highest BCUT2D eigenvalue weighted by atomic mass is 16.2. The maximum Gasteiger partial charge on any atom is 0.251 e. The van der Waals surface area contributed by atoms with E-state index in [9.17, 15) is 9.59 Å². The Bertz CT molecular complexity index is 822. The van der Waals surface area contributed by atoms with Gasteiger partial charge in [-0.3, -0.25) is 14.3 Å². The molecule has 124 valence electrons. The summed E-state index contributed by atoms with van der Waals surface area (Å²) < 4.78 is 1.75. The first kappa shape index (κ1) is 16.0. The fourth-order valence-corrected chi connectivity index (χ4v) is 2.95. The van der Waals surface area contributed by atoms with Gasteiger partial charge in [0.25, 0.3) is 11.8 Å². The molecule has 0 fully saturated rings. The smallest absolute Gasteiger partial charge is 0.251 e. The molecule has 0 radical (unpaired) electrons. The fourth-order valence-electron chi connectivity index (χ4n) is 2.95. The van der Waals surface area contributed by atoms with Crippen molar-refractivity contribution >= 4 is 17.5 Å². The summed E-state index contributed by atoms with van der Waals surface area (Å²) in [5.41, 5.74) is 4.11. The first-order chi connectivity index (χ1) is 11.5. The Morgan fingerprint density at radius 3 is 2.92 bits per heavy atom. The SMILES string of the molecule is C=CC(=O)N(Cc1cc(C)nn1C)c1ccc2c(c1)C(=O)NCC2. The van der Waals surface area contributed by atoms with Gasteiger partial charge in [0.05, 0.1) is 17.9 Å². The average molecular weight is 324 g/mol. The molecule has 6 nitrogen and oxygen atoms in total. The molecule has 0 saturated carbocycles. The molecule has 2 heterocycles. The Kier molecular flexibility index (Phi) is 4.20. The first-order valence-corrected chi connectivity index (χ1v) is 7.84. The summed E-state index contributed by atoms with van der Waals surface area (Å²) in [5.74, 6) is -0.314. The quantitative estimate of drug-likeness (QED) is 0.871. The van der Waals surface area contributed by atoms with Crippen LogP contribution < -0.4 is 10.2 Å². The topological polar surface area (TPSA) is 67.2 Å². The second-order valence-electron chi connectivity index (χ2n) is 5.88. The lowest BCUT2D eigenvalue weighted by molar-refractivity contribution is -0.114. The Labute approximate surface area is 140 Å². The minimum Gasteiger partial charge on any atom is -0.352 e. The molecule has 6 heteroatoms. The number of amides is 2. The van der Waals surface area contributed by atoms with Gasteiger partial charge in [-0.05, 0) is 43.2 Å². The van der Waals surface area contributed by atoms with Gasteiger partial charge in [0.1, 0.15) is 0 Å². The number of nitrogens with zero attached hydrogens (tertiary/aromatic N) is 3. The molecule has 0 saturated heterocycles. The van der Waals surface area contributed by atoms with E-state index in [2.05, 4.69) is 17.0 Å². The van der Waals surface area contributed by atoms with Crippen molar-refractivity contribution in [3.8, 4) is 0 Å². The number of carbonyl (C=O) groups excluding carboxylic acids is 2. The number of anilines is 1. The Balaban J connectivity index is 1.99. The molecule has 0 unspecified atom stereocenters. The van der Waals surface area contributed by atoms with Crippen molar-refractivity contribution in [1.82, 2.24) is 15.1 Å². The summed E-state index contributed by atoms with van der Waals surface area (Å²) >= 11 is 0. The Morgan fingerprint density at radius 1 is 1.46 bits per heavy atom. The molecule has 0 spiro atoms. The maximum absolute atomic E-state index is 12.4. The van der Waals surface area contributed by atoms with Crippen molar-refractivity contribution in [2.24, 2.45) is 7.05 Å². The van der Waals surface area contributed by atoms with Gasteiger partial charge >= 0.3 is 0 Å². The zero-order valence-corrected chi connectivity index (χ0v) is 13.9. The van der Waals surface area contributed by atoms with E-state index in [1.54, 1.807) is 15.6 Å². The van der Waals surface area contributed by atoms with Crippen molar-refractivity contribution in [1.29, 1.82) is 0 Å². The van der Waals surface area contributed by atoms with Crippen molar-refractivity contribution in [2.45, 2.75) is 19.9 Å². The molecule has 0 atom stereocenters. The van der Waals surface area contributed by atoms with Crippen LogP contribution in [0.1, 0.15) is 27.3 Å². The van der Waals surface area contributed by atoms with Crippen LogP contribution >= 0.6 is 0 Å². The van der Waals surface area contributed by atoms with Crippen molar-refractivity contribution in [2.75, 3.05) is 11.4 Å². The zero-order valence-electron chi connectivity index (χ0n) is 13.9. The van der Waals surface area contributed by atoms with Crippen LogP contribution in [0.2, 0.25) is 0 Å². The van der Waals surface area contributed by atoms with Gasteiger partial charge in [-0.2, -0.15) is 5.10 Å². The van der Waals surface area contributed by atoms with Crippen LogP contribution in [0.4, 0.5) is 5.69 Å². The molecular weight excluding hydrogens is 304 g/mol. The van der Waals surface area contributed by atoms with Crippen LogP contribution in [0.15, 0.2) is 36.9 Å². The van der Waals surface area contributed by atoms with Crippen molar-refractivity contribution in [3.05, 3.63) is 59.4 Å². The number of hydrogen-bond acceptors (Lipinski definition) is 3. The summed E-state index contributed by atoms with van der Waals surface area (Å²) in [7, 11) is 1.85. The monoisotopic (exact) mass is 324 g/mol. The highest BCUT2D eigenvalue weighted by Gasteiger charge is 2.21. The van der Waals surface area contributed by atoms with Crippen LogP contribution in [-0.2, 0) is 24.8 Å². The summed E-state index contributed by atoms with van der Waals surface area (Å²) in [5, 5.41) is 7.15. The van der Waals surface area contributed by atoms with Crippen molar-refractivity contribution < 1.29 is 9.59 Å². The molecule has 2 amide bonds. The van der Waals surface area contributed by atoms with Crippen molar-refractivity contribution in [3.63, 3.8) is 0 Å². The minimum atomic E-state index is -0.218. The van der Waals surface area contributed by atoms with E-state index in [0.717, 1.165) is 23.4 Å². The predicted octanol–water partition coefficient (Wildman–Crippen LogP) is 1.73. The lowest BCUT2D eigenvalue weighted by atomic mass is 9.99. The lowest BCUT2D eigenvalue weighted by Crippen LogP contribution is -2.33. The summed E-state index contributed by atoms with van der Waals surface area (Å²) in [6, 6.07) is 7.51. The third-order valence-corrected chi connectivity index (χ3v) is 4.19. The van der Waals surface area contributed by atoms with Gasteiger partial charge in [0.2, 0.25) is 0 Å². The molecule has 3 rings (SSSR count). The van der Waals surface area contributed by atoms with Crippen LogP contribution in [-0.4, -0.2) is 28.1 Å². The maximum atomic E-state index is 12.4. The second-order valence-corrected chi connectivity index (χ2v) is 5.88. The van der Waals surface area contributed by atoms with Gasteiger partial charge in [-0.1, -0.05) is 12.6 Å². The van der Waals surface area contributed by atoms with Crippen LogP contribution in [0.25, 0.3) is 0 Å². The van der Waals surface area contributed by atoms with E-state index >= 15 is 0 Å². The van der Waals surface area contributed by atoms with Gasteiger partial charge in [-0.15, -0.1) is 0 Å². The van der Waals surface area contributed by atoms with E-state index in [4.69, 9.17) is 0 Å². The van der Waals surface area contributed by atoms with E-state index in [1.165, 1.54) is 6.08 Å². The molecular formula is C18H20N4O2. The van der Waals surface area contributed by atoms with E-state index in [1.807, 2.05) is 32.2 Å². The Morgan fingerprint density at radius 2 is 2.25 bits per heavy atom. The highest BCUT2D eigenvalue weighted by molar-refractivity contribution is 6.03. The molecule has 1 aromatic heterocycles. The van der Waals surface area contributed by atoms with E-state index in [0.29, 0.717) is 24.3 Å². The number of aromatic nitrogens is 2. The van der Waals surface area contributed by atoms with Gasteiger partial charge in [0.15, 0.2) is 0 Å². The number of aryl methyl sites for hydroxylation is 2. The number of benzene rings is 1. The molecule has 0 bridgehead atoms. The van der Waals surface area contributed by atoms with Crippen LogP contribution in [0.3, 0.4) is 0 Å². The third-order valence-electron chi connectivity index (χ3n) is 4.19. The standard InChI is InChI=1S/C18H20N4O2/c1-4-17(23)22(11-15-9-12(2)20-21(15)3)14-6-5-13-7-8-19-18(24)16(13)10-14/h4-6,9-10H,1,7-8,11H2,2-3H3,(H,19,24). The lowest BCUT2D eigenvalue weighted by Gasteiger charge is -2.24. The average Bonchev–Trinajstić information content (AvgIpc) is 2.89. The molecule has 1 aliphatic rings. The molecule has 2 aromatic rings. The number of fused-ring (bicyclic) bond motifs is 1. The number of hydrogen-bond donors (Lipinski definition) is 1. The number of rotatable bonds is 4. The summed E-state index contributed by atoms with van der Waals surface area (Å²) in [6.45, 7) is 6.51. The van der Waals surface area contributed by atoms with Gasteiger partial charge in [-0.25, -0.2) is 0 Å². The predicted molar refractivity (Wildman–Crippen MR) is 91.8 cm³/mol. The van der Waals surface area contributed by atoms with E-state index < -0.39 is 0 Å². The van der Waals surface area contributed by atoms with Gasteiger partial charge in [0, 0.05) is 24.8 Å². The van der Waals surface area contributed by atoms with E-state index in [-0.39, 0.29) is 11.8 Å². The summed E-state index contributed by atoms with van der Waals surface area (Å²) in [6.07, 6.45) is 2.08. The molecule has 1 aromatic carbocycles. The van der Waals surface area contributed by atoms with Gasteiger partial charge < -0.3 is 10.2 Å². The normalized spacial score (nSPS) is 13.2. The largest absolute Gasteiger partial charge is 0.352 e. The first-order valence-electron chi connectivity index (χ1n) is 7.84. The minimum absolute atomic E-state index is 0.0968. The number of nitrogens with one attached hydrogen (secondary N) is 1. The summed E-state index contributed by atoms with van der Waals surface area (Å²) in [4.78, 5) is 26.0. The third kappa shape index (κ3) is 2.95.